The van der Waals surface area contributed by atoms with E-state index >= 15 is 0 Å². The molecular formula is C39H68N6O8S. The lowest BCUT2D eigenvalue weighted by molar-refractivity contribution is -0.148. The van der Waals surface area contributed by atoms with E-state index in [9.17, 15) is 27.6 Å². The van der Waals surface area contributed by atoms with Crippen LogP contribution in [0.25, 0.3) is 0 Å². The number of nitrogens with zero attached hydrogens (tertiary/aromatic N) is 3. The van der Waals surface area contributed by atoms with Gasteiger partial charge in [-0.25, -0.2) is 8.42 Å². The molecule has 0 spiro atoms. The average Bonchev–Trinajstić information content (AvgIpc) is 3.59. The summed E-state index contributed by atoms with van der Waals surface area (Å²) in [6.07, 6.45) is 0.445. The van der Waals surface area contributed by atoms with E-state index < -0.39 is 58.2 Å². The summed E-state index contributed by atoms with van der Waals surface area (Å²) in [7, 11) is 4.34. The van der Waals surface area contributed by atoms with E-state index in [1.54, 1.807) is 48.0 Å². The van der Waals surface area contributed by atoms with E-state index in [2.05, 4.69) is 10.0 Å². The summed E-state index contributed by atoms with van der Waals surface area (Å²) < 4.78 is 39.9. The number of nitrogens with two attached hydrogens (primary N) is 1. The van der Waals surface area contributed by atoms with Gasteiger partial charge in [-0.15, -0.1) is 0 Å². The highest BCUT2D eigenvalue weighted by Gasteiger charge is 2.43. The van der Waals surface area contributed by atoms with E-state index in [-0.39, 0.29) is 47.6 Å². The van der Waals surface area contributed by atoms with Crippen LogP contribution in [0.1, 0.15) is 85.3 Å². The quantitative estimate of drug-likeness (QED) is 0.168. The lowest BCUT2D eigenvalue weighted by Crippen LogP contribution is -2.59. The van der Waals surface area contributed by atoms with E-state index in [4.69, 9.17) is 15.2 Å². The number of amides is 4. The van der Waals surface area contributed by atoms with Crippen LogP contribution in [-0.2, 0) is 51.0 Å². The van der Waals surface area contributed by atoms with Crippen molar-refractivity contribution in [1.29, 1.82) is 0 Å². The number of benzene rings is 1. The molecule has 1 aromatic rings. The van der Waals surface area contributed by atoms with Crippen LogP contribution < -0.4 is 15.8 Å². The van der Waals surface area contributed by atoms with Crippen LogP contribution in [0.3, 0.4) is 0 Å². The minimum absolute atomic E-state index is 0.0281. The number of methoxy groups -OCH3 is 2. The number of ether oxygens (including phenoxy) is 2. The van der Waals surface area contributed by atoms with Crippen LogP contribution in [0.5, 0.6) is 0 Å². The number of hydrogen-bond donors (Lipinski definition) is 3. The zero-order chi connectivity index (χ0) is 41.1. The Morgan fingerprint density at radius 2 is 1.52 bits per heavy atom. The second-order valence-electron chi connectivity index (χ2n) is 15.7. The van der Waals surface area contributed by atoms with Crippen molar-refractivity contribution in [3.05, 3.63) is 35.4 Å². The van der Waals surface area contributed by atoms with Crippen molar-refractivity contribution >= 4 is 33.7 Å². The van der Waals surface area contributed by atoms with Crippen molar-refractivity contribution in [2.75, 3.05) is 41.9 Å². The van der Waals surface area contributed by atoms with Gasteiger partial charge in [-0.1, -0.05) is 79.2 Å². The van der Waals surface area contributed by atoms with Gasteiger partial charge < -0.3 is 30.3 Å². The van der Waals surface area contributed by atoms with Crippen molar-refractivity contribution < 1.29 is 37.1 Å². The molecule has 0 unspecified atom stereocenters. The van der Waals surface area contributed by atoms with Crippen LogP contribution in [0.15, 0.2) is 24.3 Å². The van der Waals surface area contributed by atoms with Gasteiger partial charge in [0.05, 0.1) is 48.4 Å². The number of carbonyl (C=O) groups excluding carboxylic acids is 4. The van der Waals surface area contributed by atoms with Gasteiger partial charge in [-0.2, -0.15) is 0 Å². The number of sulfonamides is 1. The smallest absolute Gasteiger partial charge is 0.245 e. The summed E-state index contributed by atoms with van der Waals surface area (Å²) in [4.78, 5) is 60.2. The summed E-state index contributed by atoms with van der Waals surface area (Å²) in [5, 5.41) is 3.01. The molecule has 4 N–H and O–H groups in total. The van der Waals surface area contributed by atoms with Crippen LogP contribution in [0.4, 0.5) is 0 Å². The fraction of sp³-hybridized carbons (Fsp3) is 0.744. The van der Waals surface area contributed by atoms with Gasteiger partial charge in [-0.3, -0.25) is 28.8 Å². The molecule has 0 bridgehead atoms. The first-order chi connectivity index (χ1) is 25.2. The first-order valence-electron chi connectivity index (χ1n) is 19.2. The van der Waals surface area contributed by atoms with Crippen molar-refractivity contribution in [1.82, 2.24) is 24.7 Å². The van der Waals surface area contributed by atoms with Gasteiger partial charge in [-0.05, 0) is 55.8 Å². The molecule has 4 amide bonds. The highest BCUT2D eigenvalue weighted by molar-refractivity contribution is 7.89. The average molecular weight is 781 g/mol. The summed E-state index contributed by atoms with van der Waals surface area (Å²) in [5.41, 5.74) is 7.02. The highest BCUT2D eigenvalue weighted by atomic mass is 32.2. The Balaban J connectivity index is 2.26. The standard InChI is InChI=1S/C39H68N6O8S/c1-13-26(6)35(44(10)39(49)33(24(2)3)41-38(48)34(25(4)5)43(8)9)31(52-11)21-32(46)45-20-14-15-30(45)36(53-12)27(7)37(47)42-54(50,51)23-29-18-16-28(22-40)17-19-29/h16-19,24-27,30-31,33-36H,13-15,20-23,40H2,1-12H3,(H,41,48)(H,42,47)/t26-,27+,30-,31+,33-,34-,35-,36+/m0/s1. The molecule has 0 aromatic heterocycles. The van der Waals surface area contributed by atoms with Crippen molar-refractivity contribution in [2.24, 2.45) is 29.4 Å². The molecular weight excluding hydrogens is 713 g/mol. The Hall–Kier alpha value is -3.11. The SMILES string of the molecule is CC[C@H](C)[C@@H]([C@@H](CC(=O)N1CCC[C@H]1[C@H](OC)[C@@H](C)C(=O)NS(=O)(=O)Cc1ccc(CN)cc1)OC)N(C)C(=O)[C@@H](NC(=O)[C@H](C(C)C)N(C)C)C(C)C. The number of carbonyl (C=O) groups is 4. The summed E-state index contributed by atoms with van der Waals surface area (Å²) in [6.45, 7) is 14.1. The second-order valence-corrected chi connectivity index (χ2v) is 17.4. The molecule has 308 valence electrons. The predicted molar refractivity (Wildman–Crippen MR) is 210 cm³/mol. The van der Waals surface area contributed by atoms with E-state index in [1.165, 1.54) is 14.2 Å². The van der Waals surface area contributed by atoms with Gasteiger partial charge in [0.15, 0.2) is 0 Å². The molecule has 1 aromatic carbocycles. The van der Waals surface area contributed by atoms with Crippen LogP contribution in [0.2, 0.25) is 0 Å². The Bertz CT molecular complexity index is 1480. The molecule has 1 saturated heterocycles. The lowest BCUT2D eigenvalue weighted by atomic mass is 9.89. The predicted octanol–water partition coefficient (Wildman–Crippen LogP) is 2.74. The molecule has 15 heteroatoms. The minimum Gasteiger partial charge on any atom is -0.379 e. The lowest BCUT2D eigenvalue weighted by Gasteiger charge is -2.41. The minimum atomic E-state index is -4.02. The van der Waals surface area contributed by atoms with Crippen LogP contribution in [0, 0.1) is 23.7 Å². The highest BCUT2D eigenvalue weighted by Crippen LogP contribution is 2.30. The van der Waals surface area contributed by atoms with E-state index in [1.807, 2.05) is 60.5 Å². The molecule has 1 aliphatic rings. The maximum atomic E-state index is 14.2. The van der Waals surface area contributed by atoms with Gasteiger partial charge in [0.25, 0.3) is 0 Å². The largest absolute Gasteiger partial charge is 0.379 e. The molecule has 2 rings (SSSR count). The number of rotatable bonds is 21. The molecule has 1 aliphatic heterocycles. The van der Waals surface area contributed by atoms with Gasteiger partial charge in [0, 0.05) is 34.4 Å². The van der Waals surface area contributed by atoms with Gasteiger partial charge >= 0.3 is 0 Å². The summed E-state index contributed by atoms with van der Waals surface area (Å²) in [6, 6.07) is 4.63. The van der Waals surface area contributed by atoms with Crippen LogP contribution in [-0.4, -0.2) is 125 Å². The third kappa shape index (κ3) is 12.5. The van der Waals surface area contributed by atoms with Crippen molar-refractivity contribution in [2.45, 2.75) is 123 Å². The number of hydrogen-bond acceptors (Lipinski definition) is 10. The number of nitrogens with one attached hydrogen (secondary N) is 2. The Morgan fingerprint density at radius 1 is 0.926 bits per heavy atom. The normalized spacial score (nSPS) is 18.9. The maximum absolute atomic E-state index is 14.2. The molecule has 0 saturated carbocycles. The van der Waals surface area contributed by atoms with Crippen LogP contribution >= 0.6 is 0 Å². The third-order valence-electron chi connectivity index (χ3n) is 10.8. The van der Waals surface area contributed by atoms with E-state index in [0.29, 0.717) is 37.9 Å². The third-order valence-corrected chi connectivity index (χ3v) is 12.0. The first-order valence-corrected chi connectivity index (χ1v) is 20.8. The van der Waals surface area contributed by atoms with Gasteiger partial charge in [0.2, 0.25) is 33.7 Å². The van der Waals surface area contributed by atoms with Crippen molar-refractivity contribution in [3.8, 4) is 0 Å². The molecule has 8 atom stereocenters. The monoisotopic (exact) mass is 780 g/mol. The molecule has 0 aliphatic carbocycles. The van der Waals surface area contributed by atoms with E-state index in [0.717, 1.165) is 5.56 Å². The molecule has 1 fully saturated rings. The molecule has 0 radical (unpaired) electrons. The van der Waals surface area contributed by atoms with Gasteiger partial charge in [0.1, 0.15) is 6.04 Å². The Kier molecular flexibility index (Phi) is 18.5. The number of likely N-dealkylation sites (N-methyl/N-ethyl adjacent to an activating group) is 2. The maximum Gasteiger partial charge on any atom is 0.245 e. The Labute approximate surface area is 324 Å². The first kappa shape index (κ1) is 47.0. The zero-order valence-electron chi connectivity index (χ0n) is 34.6. The fourth-order valence-corrected chi connectivity index (χ4v) is 8.88. The summed E-state index contributed by atoms with van der Waals surface area (Å²) >= 11 is 0. The van der Waals surface area contributed by atoms with Crippen molar-refractivity contribution in [3.63, 3.8) is 0 Å². The summed E-state index contributed by atoms with van der Waals surface area (Å²) in [5.74, 6) is -2.94. The second kappa shape index (κ2) is 21.3. The molecule has 14 nitrogen and oxygen atoms in total. The topological polar surface area (TPSA) is 181 Å². The Morgan fingerprint density at radius 3 is 2.00 bits per heavy atom. The number of likely N-dealkylation sites (tertiary alicyclic amines) is 1. The molecule has 1 heterocycles. The molecule has 54 heavy (non-hydrogen) atoms. The zero-order valence-corrected chi connectivity index (χ0v) is 35.4. The fourth-order valence-electron chi connectivity index (χ4n) is 7.68.